The summed E-state index contributed by atoms with van der Waals surface area (Å²) in [5, 5.41) is 3.14. The number of benzene rings is 1. The highest BCUT2D eigenvalue weighted by Crippen LogP contribution is 2.28. The first-order chi connectivity index (χ1) is 20.1. The monoisotopic (exact) mass is 589 g/mol. The number of hydrogen-bond donors (Lipinski definition) is 1. The zero-order valence-corrected chi connectivity index (χ0v) is 24.0. The van der Waals surface area contributed by atoms with Gasteiger partial charge in [-0.1, -0.05) is 19.4 Å². The molecule has 4 rings (SSSR count). The molecule has 2 aliphatic heterocycles. The number of ether oxygens (including phenoxy) is 2. The Balaban J connectivity index is 1.35. The lowest BCUT2D eigenvalue weighted by atomic mass is 10.1. The molecule has 2 aromatic rings. The smallest absolute Gasteiger partial charge is 0.409 e. The summed E-state index contributed by atoms with van der Waals surface area (Å²) in [5.74, 6) is -4.21. The molecule has 11 nitrogen and oxygen atoms in total. The van der Waals surface area contributed by atoms with Crippen LogP contribution >= 0.6 is 0 Å². The van der Waals surface area contributed by atoms with Crippen molar-refractivity contribution >= 4 is 34.7 Å². The molecule has 0 spiro atoms. The fourth-order valence-electron chi connectivity index (χ4n) is 4.84. The highest BCUT2D eigenvalue weighted by Gasteiger charge is 2.37. The molecule has 1 aromatic heterocycles. The molecule has 1 aromatic carbocycles. The second-order valence-corrected chi connectivity index (χ2v) is 10.6. The second kappa shape index (κ2) is 13.8. The summed E-state index contributed by atoms with van der Waals surface area (Å²) in [4.78, 5) is 59.1. The molecule has 42 heavy (non-hydrogen) atoms. The number of aromatic nitrogens is 1. The van der Waals surface area contributed by atoms with Gasteiger partial charge in [0, 0.05) is 50.6 Å². The van der Waals surface area contributed by atoms with Crippen LogP contribution in [-0.4, -0.2) is 108 Å². The van der Waals surface area contributed by atoms with Crippen LogP contribution in [0.4, 0.5) is 13.6 Å². The number of alkyl halides is 2. The third kappa shape index (κ3) is 8.04. The van der Waals surface area contributed by atoms with Crippen LogP contribution in [0.2, 0.25) is 0 Å². The van der Waals surface area contributed by atoms with E-state index in [1.54, 1.807) is 21.9 Å². The van der Waals surface area contributed by atoms with Crippen molar-refractivity contribution in [2.45, 2.75) is 45.5 Å². The van der Waals surface area contributed by atoms with E-state index in [0.717, 1.165) is 23.3 Å². The molecule has 1 N–H and O–H groups in total. The Hall–Kier alpha value is -4.03. The van der Waals surface area contributed by atoms with Crippen LogP contribution in [-0.2, 0) is 14.3 Å². The van der Waals surface area contributed by atoms with Gasteiger partial charge < -0.3 is 29.5 Å². The largest absolute Gasteiger partial charge is 0.483 e. The molecule has 0 bridgehead atoms. The number of hydrogen-bond acceptors (Lipinski definition) is 7. The Kier molecular flexibility index (Phi) is 10.1. The minimum absolute atomic E-state index is 0.0208. The van der Waals surface area contributed by atoms with Crippen molar-refractivity contribution < 1.29 is 37.4 Å². The number of unbranched alkanes of at least 4 members (excludes halogenated alkanes) is 1. The molecule has 2 fully saturated rings. The number of pyridine rings is 1. The normalized spacial score (nSPS) is 16.7. The van der Waals surface area contributed by atoms with E-state index in [1.807, 2.05) is 19.9 Å². The molecule has 0 unspecified atom stereocenters. The summed E-state index contributed by atoms with van der Waals surface area (Å²) < 4.78 is 38.5. The van der Waals surface area contributed by atoms with E-state index in [-0.39, 0.29) is 43.3 Å². The highest BCUT2D eigenvalue weighted by atomic mass is 19.3. The Labute approximate surface area is 243 Å². The maximum atomic E-state index is 13.8. The molecule has 13 heteroatoms. The van der Waals surface area contributed by atoms with E-state index >= 15 is 0 Å². The van der Waals surface area contributed by atoms with Crippen LogP contribution in [0.15, 0.2) is 24.3 Å². The summed E-state index contributed by atoms with van der Waals surface area (Å²) in [5.41, 5.74) is 1.31. The van der Waals surface area contributed by atoms with Gasteiger partial charge in [0.1, 0.15) is 11.4 Å². The summed E-state index contributed by atoms with van der Waals surface area (Å²) >= 11 is 0. The zero-order chi connectivity index (χ0) is 30.3. The second-order valence-electron chi connectivity index (χ2n) is 10.6. The molecule has 0 saturated carbocycles. The predicted octanol–water partition coefficient (Wildman–Crippen LogP) is 2.99. The van der Waals surface area contributed by atoms with Crippen molar-refractivity contribution in [3.05, 3.63) is 35.5 Å². The van der Waals surface area contributed by atoms with Gasteiger partial charge >= 0.3 is 6.09 Å². The van der Waals surface area contributed by atoms with Crippen LogP contribution in [0.5, 0.6) is 5.75 Å². The lowest BCUT2D eigenvalue weighted by Gasteiger charge is -2.34. The Bertz CT molecular complexity index is 1310. The first-order valence-electron chi connectivity index (χ1n) is 14.2. The first-order valence-corrected chi connectivity index (χ1v) is 14.2. The van der Waals surface area contributed by atoms with Crippen LogP contribution in [0, 0.1) is 6.92 Å². The van der Waals surface area contributed by atoms with Gasteiger partial charge in [0.15, 0.2) is 6.61 Å². The predicted molar refractivity (Wildman–Crippen MR) is 149 cm³/mol. The van der Waals surface area contributed by atoms with Gasteiger partial charge in [0.2, 0.25) is 5.91 Å². The fourth-order valence-corrected chi connectivity index (χ4v) is 4.84. The number of aryl methyl sites for hydroxylation is 1. The summed E-state index contributed by atoms with van der Waals surface area (Å²) in [6.07, 6.45) is 1.28. The lowest BCUT2D eigenvalue weighted by molar-refractivity contribution is -0.143. The van der Waals surface area contributed by atoms with E-state index in [0.29, 0.717) is 43.7 Å². The van der Waals surface area contributed by atoms with Crippen molar-refractivity contribution in [1.82, 2.24) is 25.0 Å². The summed E-state index contributed by atoms with van der Waals surface area (Å²) in [7, 11) is 0. The van der Waals surface area contributed by atoms with Gasteiger partial charge in [-0.05, 0) is 37.5 Å². The van der Waals surface area contributed by atoms with E-state index in [4.69, 9.17) is 9.47 Å². The summed E-state index contributed by atoms with van der Waals surface area (Å²) in [6.45, 7) is 4.38. The number of nitrogens with zero attached hydrogens (tertiary/aromatic N) is 4. The molecular formula is C29H37F2N5O6. The number of carbonyl (C=O) groups excluding carboxylic acids is 4. The highest BCUT2D eigenvalue weighted by molar-refractivity contribution is 5.98. The molecule has 0 atom stereocenters. The van der Waals surface area contributed by atoms with Gasteiger partial charge in [-0.25, -0.2) is 18.6 Å². The molecule has 2 aliphatic rings. The fraction of sp³-hybridized carbons (Fsp3) is 0.552. The van der Waals surface area contributed by atoms with E-state index < -0.39 is 37.0 Å². The van der Waals surface area contributed by atoms with Crippen molar-refractivity contribution in [3.8, 4) is 5.75 Å². The van der Waals surface area contributed by atoms with Gasteiger partial charge in [-0.15, -0.1) is 0 Å². The number of piperazine rings is 1. The van der Waals surface area contributed by atoms with Crippen molar-refractivity contribution in [2.24, 2.45) is 0 Å². The standard InChI is InChI=1S/C29H37F2N5O6/c1-3-4-14-41-28(40)35-12-10-34(11-13-35)25(37)17-32-27(39)23-16-24(21-7-6-20(2)15-22(21)33-23)42-18-26(38)36-9-5-8-29(30,31)19-36/h6-7,15-16H,3-5,8-14,17-19H2,1-2H3,(H,32,39). The zero-order valence-electron chi connectivity index (χ0n) is 24.0. The van der Waals surface area contributed by atoms with Crippen LogP contribution in [0.1, 0.15) is 48.7 Å². The van der Waals surface area contributed by atoms with Crippen LogP contribution in [0.25, 0.3) is 10.9 Å². The molecule has 4 amide bonds. The summed E-state index contributed by atoms with van der Waals surface area (Å²) in [6, 6.07) is 6.70. The minimum Gasteiger partial charge on any atom is -0.483 e. The third-order valence-electron chi connectivity index (χ3n) is 7.27. The number of fused-ring (bicyclic) bond motifs is 1. The molecule has 2 saturated heterocycles. The maximum Gasteiger partial charge on any atom is 0.409 e. The lowest BCUT2D eigenvalue weighted by Crippen LogP contribution is -2.52. The van der Waals surface area contributed by atoms with Crippen LogP contribution in [0.3, 0.4) is 0 Å². The van der Waals surface area contributed by atoms with E-state index in [1.165, 1.54) is 6.07 Å². The first kappa shape index (κ1) is 30.9. The topological polar surface area (TPSA) is 121 Å². The number of carbonyl (C=O) groups is 4. The van der Waals surface area contributed by atoms with Crippen LogP contribution < -0.4 is 10.1 Å². The number of amides is 4. The SMILES string of the molecule is CCCCOC(=O)N1CCN(C(=O)CNC(=O)c2cc(OCC(=O)N3CCCC(F)(F)C3)c3ccc(C)cc3n2)CC1. The van der Waals surface area contributed by atoms with Gasteiger partial charge in [0.25, 0.3) is 17.7 Å². The number of likely N-dealkylation sites (tertiary alicyclic amines) is 1. The van der Waals surface area contributed by atoms with Crippen molar-refractivity contribution in [1.29, 1.82) is 0 Å². The minimum atomic E-state index is -2.93. The number of piperidine rings is 1. The van der Waals surface area contributed by atoms with E-state index in [9.17, 15) is 28.0 Å². The van der Waals surface area contributed by atoms with Gasteiger partial charge in [-0.2, -0.15) is 0 Å². The average Bonchev–Trinajstić information content (AvgIpc) is 2.97. The van der Waals surface area contributed by atoms with Crippen molar-refractivity contribution in [2.75, 3.05) is 59.0 Å². The Morgan fingerprint density at radius 2 is 1.74 bits per heavy atom. The number of nitrogens with one attached hydrogen (secondary N) is 1. The number of rotatable bonds is 9. The molecule has 0 aliphatic carbocycles. The quantitative estimate of drug-likeness (QED) is 0.447. The van der Waals surface area contributed by atoms with Gasteiger partial charge in [0.05, 0.1) is 25.2 Å². The van der Waals surface area contributed by atoms with E-state index in [2.05, 4.69) is 10.3 Å². The molecule has 3 heterocycles. The third-order valence-corrected chi connectivity index (χ3v) is 7.27. The Morgan fingerprint density at radius 1 is 1.00 bits per heavy atom. The molecule has 0 radical (unpaired) electrons. The molecule has 228 valence electrons. The maximum absolute atomic E-state index is 13.8. The van der Waals surface area contributed by atoms with Crippen molar-refractivity contribution in [3.63, 3.8) is 0 Å². The number of halogens is 2. The molecular weight excluding hydrogens is 552 g/mol. The Morgan fingerprint density at radius 3 is 2.45 bits per heavy atom. The average molecular weight is 590 g/mol. The van der Waals surface area contributed by atoms with Gasteiger partial charge in [-0.3, -0.25) is 14.4 Å².